The number of quaternary nitrogens is 1. The first kappa shape index (κ1) is 50.8. The van der Waals surface area contributed by atoms with Gasteiger partial charge in [0.15, 0.2) is 29.6 Å². The highest BCUT2D eigenvalue weighted by Gasteiger charge is 2.53. The van der Waals surface area contributed by atoms with Crippen molar-refractivity contribution in [2.24, 2.45) is 0 Å². The van der Waals surface area contributed by atoms with Crippen molar-refractivity contribution in [3.05, 3.63) is 65.2 Å². The SMILES string of the molecule is CC(C)(C)OC(=O)N[C@@H](CCCNC(=O)OCc1ccccc1[NH3+])C(=O)O[C@H]1[C@@H](O)[C@H](n2cnc3c(N)ncnc32)O[C@@H]1COP(=O)(O)[C@H]1C[C@H]([n+]2ccc(N)[nH]c2=O)O[C@@H]1COP(=O)(O)O. The summed E-state index contributed by atoms with van der Waals surface area (Å²) < 4.78 is 66.6. The van der Waals surface area contributed by atoms with Crippen LogP contribution in [0.2, 0.25) is 0 Å². The molecule has 5 heterocycles. The third kappa shape index (κ3) is 13.3. The number of phosphoric ester groups is 1. The summed E-state index contributed by atoms with van der Waals surface area (Å²) in [5, 5.41) is 16.8. The predicted octanol–water partition coefficient (Wildman–Crippen LogP) is -0.722. The predicted molar refractivity (Wildman–Crippen MR) is 227 cm³/mol. The minimum atomic E-state index is -5.14. The van der Waals surface area contributed by atoms with Crippen molar-refractivity contribution < 1.29 is 86.3 Å². The van der Waals surface area contributed by atoms with Gasteiger partial charge in [0.25, 0.3) is 0 Å². The van der Waals surface area contributed by atoms with Crippen molar-refractivity contribution >= 4 is 62.1 Å². The number of nitrogen functional groups attached to an aromatic ring is 2. The first-order valence-electron chi connectivity index (χ1n) is 20.5. The zero-order valence-corrected chi connectivity index (χ0v) is 38.1. The van der Waals surface area contributed by atoms with Crippen LogP contribution in [-0.4, -0.2) is 124 Å². The number of ether oxygens (including phenoxy) is 5. The normalized spacial score (nSPS) is 23.3. The lowest BCUT2D eigenvalue weighted by atomic mass is 10.1. The van der Waals surface area contributed by atoms with Gasteiger partial charge in [0.2, 0.25) is 6.23 Å². The Bertz CT molecular complexity index is 2570. The molecular formula is C37H53N11O17P2+2. The maximum absolute atomic E-state index is 14.1. The summed E-state index contributed by atoms with van der Waals surface area (Å²) in [5.74, 6) is -1.15. The van der Waals surface area contributed by atoms with Crippen LogP contribution in [0, 0.1) is 0 Å². The van der Waals surface area contributed by atoms with Crippen molar-refractivity contribution in [1.82, 2.24) is 35.1 Å². The average molecular weight is 986 g/mol. The van der Waals surface area contributed by atoms with E-state index in [2.05, 4.69) is 40.8 Å². The van der Waals surface area contributed by atoms with Crippen LogP contribution in [0.25, 0.3) is 11.2 Å². The fourth-order valence-corrected chi connectivity index (χ4v) is 9.02. The third-order valence-corrected chi connectivity index (χ3v) is 12.7. The molecule has 2 amide bonds. The summed E-state index contributed by atoms with van der Waals surface area (Å²) in [5.41, 5.74) is 13.7. The van der Waals surface area contributed by atoms with Crippen LogP contribution in [0.4, 0.5) is 26.9 Å². The number of imidazole rings is 1. The Hall–Kier alpha value is -5.64. The highest BCUT2D eigenvalue weighted by Crippen LogP contribution is 2.56. The topological polar surface area (TPSA) is 415 Å². The molecule has 6 rings (SSSR count). The highest BCUT2D eigenvalue weighted by molar-refractivity contribution is 7.53. The summed E-state index contributed by atoms with van der Waals surface area (Å²) in [4.78, 5) is 97.1. The average Bonchev–Trinajstić information content (AvgIpc) is 3.95. The van der Waals surface area contributed by atoms with E-state index in [1.54, 1.807) is 45.0 Å². The second-order valence-corrected chi connectivity index (χ2v) is 19.6. The molecule has 14 N–H and O–H groups in total. The number of carbonyl (C=O) groups excluding carboxylic acids is 3. The number of anilines is 2. The number of hydrogen-bond acceptors (Lipinski definition) is 19. The molecule has 2 aliphatic heterocycles. The number of esters is 1. The number of aromatic nitrogens is 6. The monoisotopic (exact) mass is 985 g/mol. The van der Waals surface area contributed by atoms with E-state index in [0.29, 0.717) is 11.3 Å². The van der Waals surface area contributed by atoms with Gasteiger partial charge in [-0.3, -0.25) is 13.7 Å². The smallest absolute Gasteiger partial charge is 0.455 e. The van der Waals surface area contributed by atoms with Crippen LogP contribution in [-0.2, 0) is 53.3 Å². The number of nitrogens with two attached hydrogens (primary N) is 2. The van der Waals surface area contributed by atoms with E-state index >= 15 is 0 Å². The molecule has 2 aliphatic rings. The summed E-state index contributed by atoms with van der Waals surface area (Å²) in [7, 11) is -10.2. The zero-order chi connectivity index (χ0) is 48.8. The third-order valence-electron chi connectivity index (χ3n) is 10.3. The van der Waals surface area contributed by atoms with Crippen LogP contribution in [0.5, 0.6) is 0 Å². The van der Waals surface area contributed by atoms with Crippen molar-refractivity contribution in [2.45, 2.75) is 101 Å². The van der Waals surface area contributed by atoms with Crippen molar-refractivity contribution in [2.75, 3.05) is 31.2 Å². The second kappa shape index (κ2) is 21.1. The number of amides is 2. The lowest BCUT2D eigenvalue weighted by Crippen LogP contribution is -2.54. The van der Waals surface area contributed by atoms with E-state index in [1.165, 1.54) is 23.2 Å². The number of phosphoric acid groups is 1. The van der Waals surface area contributed by atoms with E-state index in [4.69, 9.17) is 39.7 Å². The fourth-order valence-electron chi connectivity index (χ4n) is 7.10. The molecule has 0 spiro atoms. The molecule has 2 fully saturated rings. The Kier molecular flexibility index (Phi) is 16.0. The molecular weight excluding hydrogens is 932 g/mol. The van der Waals surface area contributed by atoms with Gasteiger partial charge in [0.05, 0.1) is 30.8 Å². The molecule has 1 unspecified atom stereocenters. The van der Waals surface area contributed by atoms with Gasteiger partial charge in [-0.2, -0.15) is 14.3 Å². The Morgan fingerprint density at radius 3 is 2.48 bits per heavy atom. The summed E-state index contributed by atoms with van der Waals surface area (Å²) >= 11 is 0. The Balaban J connectivity index is 1.21. The number of nitrogens with one attached hydrogen (secondary N) is 3. The number of fused-ring (bicyclic) bond motifs is 1. The standard InChI is InChI=1S/C37H51N11O17P2/c1-37(2,3)65-36(53)45-21(9-6-11-41-35(52)59-14-19-7-4-5-8-20(19)38)33(50)64-29-23(63-32(28(29)49)48-18-44-27-30(40)42-17-43-31(27)48)16-60-66(54,55)24-13-26(47-12-10-25(39)46-34(47)51)62-22(24)15-61-67(56,57)58/h4-5,7-8,10,12,17-18,21-24,26,28-29,32,49H,6,9,11,13-16,38H2,1-3H3,(H9,39,40,41,42,43,45,46,51,52,53,54,55,56,57,58)/p+2/t21-,22+,23+,24-,26+,28+,29+,32+/m0/s1. The largest absolute Gasteiger partial charge is 0.499 e. The second-order valence-electron chi connectivity index (χ2n) is 16.3. The van der Waals surface area contributed by atoms with Crippen molar-refractivity contribution in [3.63, 3.8) is 0 Å². The van der Waals surface area contributed by atoms with Crippen molar-refractivity contribution in [3.8, 4) is 0 Å². The van der Waals surface area contributed by atoms with E-state index in [-0.39, 0.29) is 48.8 Å². The molecule has 9 atom stereocenters. The molecule has 28 nitrogen and oxygen atoms in total. The number of benzene rings is 1. The maximum Gasteiger partial charge on any atom is 0.499 e. The number of H-pyrrole nitrogens is 1. The number of carbonyl (C=O) groups is 3. The van der Waals surface area contributed by atoms with Gasteiger partial charge < -0.3 is 75.8 Å². The molecule has 4 aromatic rings. The number of nitrogens with zero attached hydrogens (tertiary/aromatic N) is 5. The molecule has 0 bridgehead atoms. The van der Waals surface area contributed by atoms with Gasteiger partial charge in [0, 0.05) is 19.0 Å². The van der Waals surface area contributed by atoms with Gasteiger partial charge >= 0.3 is 39.3 Å². The summed E-state index contributed by atoms with van der Waals surface area (Å²) in [6, 6.07) is 6.91. The van der Waals surface area contributed by atoms with Gasteiger partial charge in [-0.1, -0.05) is 12.1 Å². The molecule has 366 valence electrons. The van der Waals surface area contributed by atoms with Crippen LogP contribution >= 0.6 is 15.4 Å². The number of rotatable bonds is 18. The first-order valence-corrected chi connectivity index (χ1v) is 23.7. The Morgan fingerprint density at radius 1 is 1.04 bits per heavy atom. The molecule has 3 aromatic heterocycles. The van der Waals surface area contributed by atoms with Crippen LogP contribution in [0.15, 0.2) is 54.0 Å². The summed E-state index contributed by atoms with van der Waals surface area (Å²) in [6.45, 7) is 2.90. The van der Waals surface area contributed by atoms with Gasteiger partial charge in [-0.25, -0.2) is 33.9 Å². The maximum atomic E-state index is 14.1. The Morgan fingerprint density at radius 2 is 1.78 bits per heavy atom. The molecule has 0 aliphatic carbocycles. The lowest BCUT2D eigenvalue weighted by molar-refractivity contribution is -0.773. The molecule has 67 heavy (non-hydrogen) atoms. The highest BCUT2D eigenvalue weighted by atomic mass is 31.2. The number of aromatic amines is 1. The van der Waals surface area contributed by atoms with Crippen LogP contribution in [0.1, 0.15) is 58.1 Å². The van der Waals surface area contributed by atoms with Gasteiger partial charge in [-0.05, 0) is 45.7 Å². The first-order chi connectivity index (χ1) is 31.5. The lowest BCUT2D eigenvalue weighted by Gasteiger charge is -2.27. The number of hydrogen-bond donors (Lipinski definition) is 10. The molecule has 1 aromatic carbocycles. The minimum absolute atomic E-state index is 0.00530. The molecule has 0 radical (unpaired) electrons. The van der Waals surface area contributed by atoms with Crippen molar-refractivity contribution in [1.29, 1.82) is 0 Å². The van der Waals surface area contributed by atoms with Gasteiger partial charge in [0.1, 0.15) is 60.3 Å². The van der Waals surface area contributed by atoms with E-state index in [1.807, 2.05) is 0 Å². The quantitative estimate of drug-likeness (QED) is 0.0193. The van der Waals surface area contributed by atoms with E-state index in [0.717, 1.165) is 10.9 Å². The van der Waals surface area contributed by atoms with Crippen LogP contribution < -0.4 is 38.1 Å². The van der Waals surface area contributed by atoms with E-state index in [9.17, 15) is 48.1 Å². The summed E-state index contributed by atoms with van der Waals surface area (Å²) in [6.07, 6.45) is -8.07. The number of aliphatic hydroxyl groups is 1. The minimum Gasteiger partial charge on any atom is -0.455 e. The van der Waals surface area contributed by atoms with E-state index < -0.39 is 113 Å². The van der Waals surface area contributed by atoms with Crippen LogP contribution in [0.3, 0.4) is 0 Å². The molecule has 2 saturated heterocycles. The zero-order valence-electron chi connectivity index (χ0n) is 36.3. The molecule has 0 saturated carbocycles. The molecule has 30 heteroatoms. The fraction of sp³-hybridized carbons (Fsp3) is 0.514. The number of alkyl carbamates (subject to hydrolysis) is 2. The number of aliphatic hydroxyl groups excluding tert-OH is 1. The Labute approximate surface area is 380 Å². The van der Waals surface area contributed by atoms with Gasteiger partial charge in [-0.15, -0.1) is 0 Å².